The van der Waals surface area contributed by atoms with Crippen molar-refractivity contribution in [1.29, 1.82) is 0 Å². The molecule has 1 aliphatic rings. The highest BCUT2D eigenvalue weighted by molar-refractivity contribution is 7.92. The summed E-state index contributed by atoms with van der Waals surface area (Å²) >= 11 is 0. The van der Waals surface area contributed by atoms with Crippen LogP contribution in [0.3, 0.4) is 0 Å². The maximum atomic E-state index is 12.7. The molecule has 0 unspecified atom stereocenters. The van der Waals surface area contributed by atoms with Gasteiger partial charge in [0.1, 0.15) is 6.54 Å². The molecule has 9 heteroatoms. The van der Waals surface area contributed by atoms with Gasteiger partial charge in [0.25, 0.3) is 0 Å². The largest absolute Gasteiger partial charge is 0.292 e. The average Bonchev–Trinajstić information content (AvgIpc) is 3.24. The summed E-state index contributed by atoms with van der Waals surface area (Å²) in [6, 6.07) is 12.7. The third-order valence-electron chi connectivity index (χ3n) is 4.96. The summed E-state index contributed by atoms with van der Waals surface area (Å²) in [5, 5.41) is 12.3. The highest BCUT2D eigenvalue weighted by atomic mass is 32.2. The number of nitrogens with zero attached hydrogens (tertiary/aromatic N) is 5. The van der Waals surface area contributed by atoms with Crippen molar-refractivity contribution in [2.45, 2.75) is 32.9 Å². The molecule has 8 nitrogen and oxygen atoms in total. The standard InChI is InChI=1S/C20H21N5O3S/c1-13-4-6-15(7-5-13)20-21-23-24(22-20)12-19(26)16-8-9-18-17(11-16)10-14(2)25(18)29(3,27)28/h4-9,11,14H,10,12H2,1-3H3/t14-/m0/s1. The van der Waals surface area contributed by atoms with Crippen LogP contribution in [0, 0.1) is 6.92 Å². The molecule has 2 aromatic carbocycles. The summed E-state index contributed by atoms with van der Waals surface area (Å²) in [6.07, 6.45) is 1.77. The number of benzene rings is 2. The SMILES string of the molecule is Cc1ccc(-c2nnn(CC(=O)c3ccc4c(c3)C[C@H](C)N4S(C)(=O)=O)n2)cc1. The van der Waals surface area contributed by atoms with Gasteiger partial charge in [-0.05, 0) is 49.2 Å². The smallest absolute Gasteiger partial charge is 0.232 e. The normalized spacial score (nSPS) is 16.1. The lowest BCUT2D eigenvalue weighted by Crippen LogP contribution is -2.34. The molecule has 0 radical (unpaired) electrons. The van der Waals surface area contributed by atoms with E-state index in [4.69, 9.17) is 0 Å². The zero-order valence-electron chi connectivity index (χ0n) is 16.4. The minimum atomic E-state index is -3.36. The van der Waals surface area contributed by atoms with Crippen LogP contribution < -0.4 is 4.31 Å². The van der Waals surface area contributed by atoms with E-state index in [1.54, 1.807) is 18.2 Å². The lowest BCUT2D eigenvalue weighted by molar-refractivity contribution is 0.0961. The quantitative estimate of drug-likeness (QED) is 0.597. The molecular formula is C20H21N5O3S. The van der Waals surface area contributed by atoms with Gasteiger partial charge in [-0.2, -0.15) is 4.80 Å². The number of fused-ring (bicyclic) bond motifs is 1. The molecule has 0 N–H and O–H groups in total. The highest BCUT2D eigenvalue weighted by Crippen LogP contribution is 2.34. The van der Waals surface area contributed by atoms with Gasteiger partial charge in [0.05, 0.1) is 11.9 Å². The van der Waals surface area contributed by atoms with Crippen molar-refractivity contribution in [2.75, 3.05) is 10.6 Å². The first-order valence-electron chi connectivity index (χ1n) is 9.23. The number of hydrogen-bond acceptors (Lipinski definition) is 6. The molecule has 1 aliphatic heterocycles. The summed E-state index contributed by atoms with van der Waals surface area (Å²) in [7, 11) is -3.36. The van der Waals surface area contributed by atoms with E-state index in [-0.39, 0.29) is 18.4 Å². The zero-order valence-corrected chi connectivity index (χ0v) is 17.2. The molecule has 1 aromatic heterocycles. The van der Waals surface area contributed by atoms with E-state index in [1.807, 2.05) is 38.1 Å². The topological polar surface area (TPSA) is 98.0 Å². The monoisotopic (exact) mass is 411 g/mol. The number of sulfonamides is 1. The van der Waals surface area contributed by atoms with Crippen molar-refractivity contribution in [3.63, 3.8) is 0 Å². The Bertz CT molecular complexity index is 1190. The van der Waals surface area contributed by atoms with Gasteiger partial charge in [-0.15, -0.1) is 10.2 Å². The maximum absolute atomic E-state index is 12.7. The van der Waals surface area contributed by atoms with Gasteiger partial charge < -0.3 is 0 Å². The van der Waals surface area contributed by atoms with Crippen molar-refractivity contribution < 1.29 is 13.2 Å². The number of hydrogen-bond donors (Lipinski definition) is 0. The van der Waals surface area contributed by atoms with E-state index in [1.165, 1.54) is 15.4 Å². The van der Waals surface area contributed by atoms with E-state index in [2.05, 4.69) is 15.4 Å². The van der Waals surface area contributed by atoms with Crippen LogP contribution in [-0.4, -0.2) is 46.7 Å². The summed E-state index contributed by atoms with van der Waals surface area (Å²) in [5.41, 5.74) is 3.96. The van der Waals surface area contributed by atoms with Crippen molar-refractivity contribution in [3.8, 4) is 11.4 Å². The molecule has 0 aliphatic carbocycles. The zero-order chi connectivity index (χ0) is 20.8. The Hall–Kier alpha value is -3.07. The third-order valence-corrected chi connectivity index (χ3v) is 6.23. The number of carbonyl (C=O) groups excluding carboxylic acids is 1. The molecule has 150 valence electrons. The maximum Gasteiger partial charge on any atom is 0.232 e. The molecule has 0 saturated carbocycles. The number of tetrazole rings is 1. The summed E-state index contributed by atoms with van der Waals surface area (Å²) < 4.78 is 25.5. The minimum Gasteiger partial charge on any atom is -0.292 e. The number of rotatable bonds is 5. The second-order valence-corrected chi connectivity index (χ2v) is 9.25. The van der Waals surface area contributed by atoms with Crippen LogP contribution in [0.25, 0.3) is 11.4 Å². The molecule has 4 rings (SSSR count). The highest BCUT2D eigenvalue weighted by Gasteiger charge is 2.32. The lowest BCUT2D eigenvalue weighted by Gasteiger charge is -2.21. The Morgan fingerprint density at radius 2 is 1.90 bits per heavy atom. The second-order valence-electron chi connectivity index (χ2n) is 7.39. The van der Waals surface area contributed by atoms with Gasteiger partial charge in [-0.25, -0.2) is 8.42 Å². The lowest BCUT2D eigenvalue weighted by atomic mass is 10.0. The van der Waals surface area contributed by atoms with Crippen LogP contribution in [0.1, 0.15) is 28.4 Å². The Labute approximate surface area is 169 Å². The van der Waals surface area contributed by atoms with E-state index < -0.39 is 10.0 Å². The number of aromatic nitrogens is 4. The third kappa shape index (κ3) is 3.77. The molecule has 0 amide bonds. The second kappa shape index (κ2) is 7.07. The van der Waals surface area contributed by atoms with Crippen LogP contribution in [0.2, 0.25) is 0 Å². The first kappa shape index (κ1) is 19.3. The van der Waals surface area contributed by atoms with E-state index in [0.717, 1.165) is 16.7 Å². The fourth-order valence-corrected chi connectivity index (χ4v) is 4.89. The summed E-state index contributed by atoms with van der Waals surface area (Å²) in [6.45, 7) is 3.82. The fraction of sp³-hybridized carbons (Fsp3) is 0.300. The van der Waals surface area contributed by atoms with Crippen molar-refractivity contribution in [3.05, 3.63) is 59.2 Å². The Balaban J connectivity index is 1.53. The van der Waals surface area contributed by atoms with Gasteiger partial charge in [0.2, 0.25) is 15.8 Å². The first-order valence-corrected chi connectivity index (χ1v) is 11.1. The van der Waals surface area contributed by atoms with Crippen molar-refractivity contribution >= 4 is 21.5 Å². The molecule has 3 aromatic rings. The van der Waals surface area contributed by atoms with Crippen LogP contribution in [0.15, 0.2) is 42.5 Å². The van der Waals surface area contributed by atoms with Crippen molar-refractivity contribution in [1.82, 2.24) is 20.2 Å². The predicted octanol–water partition coefficient (Wildman–Crippen LogP) is 2.24. The number of aryl methyl sites for hydroxylation is 1. The molecule has 0 spiro atoms. The number of carbonyl (C=O) groups is 1. The predicted molar refractivity (Wildman–Crippen MR) is 109 cm³/mol. The van der Waals surface area contributed by atoms with Gasteiger partial charge in [0.15, 0.2) is 5.78 Å². The van der Waals surface area contributed by atoms with Crippen molar-refractivity contribution in [2.24, 2.45) is 0 Å². The number of anilines is 1. The molecule has 0 saturated heterocycles. The van der Waals surface area contributed by atoms with E-state index in [9.17, 15) is 13.2 Å². The summed E-state index contributed by atoms with van der Waals surface area (Å²) in [4.78, 5) is 14.0. The molecule has 1 atom stereocenters. The number of Topliss-reactive ketones (excluding diaryl/α,β-unsaturated/α-hetero) is 1. The van der Waals surface area contributed by atoms with Gasteiger partial charge >= 0.3 is 0 Å². The van der Waals surface area contributed by atoms with E-state index in [0.29, 0.717) is 23.5 Å². The molecule has 0 fully saturated rings. The van der Waals surface area contributed by atoms with Gasteiger partial charge in [-0.3, -0.25) is 9.10 Å². The van der Waals surface area contributed by atoms with Crippen LogP contribution in [-0.2, 0) is 23.0 Å². The van der Waals surface area contributed by atoms with Gasteiger partial charge in [-0.1, -0.05) is 29.8 Å². The molecule has 29 heavy (non-hydrogen) atoms. The average molecular weight is 411 g/mol. The van der Waals surface area contributed by atoms with Crippen LogP contribution in [0.5, 0.6) is 0 Å². The van der Waals surface area contributed by atoms with Crippen LogP contribution >= 0.6 is 0 Å². The number of ketones is 1. The Kier molecular flexibility index (Phi) is 4.70. The van der Waals surface area contributed by atoms with Gasteiger partial charge in [0, 0.05) is 17.2 Å². The van der Waals surface area contributed by atoms with E-state index >= 15 is 0 Å². The Morgan fingerprint density at radius 1 is 1.17 bits per heavy atom. The van der Waals surface area contributed by atoms with Crippen LogP contribution in [0.4, 0.5) is 5.69 Å². The molecular weight excluding hydrogens is 390 g/mol. The first-order chi connectivity index (χ1) is 13.7. The minimum absolute atomic E-state index is 0.0387. The summed E-state index contributed by atoms with van der Waals surface area (Å²) in [5.74, 6) is 0.301. The fourth-order valence-electron chi connectivity index (χ4n) is 3.63. The molecule has 0 bridgehead atoms. The Morgan fingerprint density at radius 3 is 2.59 bits per heavy atom. The molecule has 2 heterocycles.